The molecule has 0 aromatic carbocycles. The molecule has 0 bridgehead atoms. The molecule has 2 amide bonds. The summed E-state index contributed by atoms with van der Waals surface area (Å²) in [6.07, 6.45) is 3.68. The summed E-state index contributed by atoms with van der Waals surface area (Å²) in [5.41, 5.74) is 5.66. The minimum Gasteiger partial charge on any atom is -0.465 e. The van der Waals surface area contributed by atoms with Gasteiger partial charge in [0.15, 0.2) is 0 Å². The van der Waals surface area contributed by atoms with Crippen molar-refractivity contribution >= 4 is 34.1 Å². The average Bonchev–Trinajstić information content (AvgIpc) is 3.28. The van der Waals surface area contributed by atoms with Crippen LogP contribution in [0.25, 0.3) is 0 Å². The lowest BCUT2D eigenvalue weighted by Gasteiger charge is -2.24. The van der Waals surface area contributed by atoms with Crippen LogP contribution in [-0.2, 0) is 14.3 Å². The first-order chi connectivity index (χ1) is 11.5. The molecule has 2 heterocycles. The zero-order valence-corrected chi connectivity index (χ0v) is 14.4. The van der Waals surface area contributed by atoms with E-state index in [0.29, 0.717) is 36.4 Å². The molecule has 1 aromatic rings. The van der Waals surface area contributed by atoms with E-state index < -0.39 is 17.6 Å². The number of esters is 1. The number of nitrogens with two attached hydrogens (primary N) is 1. The molecule has 24 heavy (non-hydrogen) atoms. The summed E-state index contributed by atoms with van der Waals surface area (Å²) in [5.74, 6) is -0.935. The molecule has 3 N–H and O–H groups in total. The Morgan fingerprint density at radius 2 is 2.12 bits per heavy atom. The zero-order chi connectivity index (χ0) is 17.3. The quantitative estimate of drug-likeness (QED) is 0.789. The Balaban J connectivity index is 1.70. The molecule has 3 rings (SSSR count). The third-order valence-electron chi connectivity index (χ3n) is 4.75. The van der Waals surface area contributed by atoms with Crippen LogP contribution in [0.3, 0.4) is 0 Å². The highest BCUT2D eigenvalue weighted by molar-refractivity contribution is 7.14. The maximum atomic E-state index is 12.6. The maximum Gasteiger partial charge on any atom is 0.340 e. The van der Waals surface area contributed by atoms with Crippen LogP contribution in [0, 0.1) is 0 Å². The predicted molar refractivity (Wildman–Crippen MR) is 89.9 cm³/mol. The number of ether oxygens (including phenoxy) is 1. The summed E-state index contributed by atoms with van der Waals surface area (Å²) in [6, 6.07) is 1.05. The number of anilines is 1. The van der Waals surface area contributed by atoms with E-state index >= 15 is 0 Å². The van der Waals surface area contributed by atoms with Crippen molar-refractivity contribution in [2.75, 3.05) is 18.6 Å². The van der Waals surface area contributed by atoms with E-state index in [2.05, 4.69) is 5.32 Å². The molecule has 1 saturated carbocycles. The maximum absolute atomic E-state index is 12.6. The second-order valence-electron chi connectivity index (χ2n) is 6.30. The van der Waals surface area contributed by atoms with Crippen molar-refractivity contribution in [2.45, 2.75) is 43.7 Å². The zero-order valence-electron chi connectivity index (χ0n) is 13.5. The summed E-state index contributed by atoms with van der Waals surface area (Å²) >= 11 is 1.31. The van der Waals surface area contributed by atoms with Crippen molar-refractivity contribution in [3.63, 3.8) is 0 Å². The highest BCUT2D eigenvalue weighted by Crippen LogP contribution is 2.32. The molecule has 0 spiro atoms. The molecule has 8 heteroatoms. The molecular weight excluding hydrogens is 330 g/mol. The van der Waals surface area contributed by atoms with Gasteiger partial charge in [0.25, 0.3) is 0 Å². The number of carbonyl (C=O) groups is 3. The second-order valence-corrected chi connectivity index (χ2v) is 7.19. The SMILES string of the molecule is COC(=O)c1ccsc1N1CCC(NC(=O)C2(N)CCCC2)C1=O. The third-order valence-corrected chi connectivity index (χ3v) is 5.69. The minimum atomic E-state index is -0.853. The Morgan fingerprint density at radius 1 is 1.42 bits per heavy atom. The Labute approximate surface area is 144 Å². The number of thiophene rings is 1. The topological polar surface area (TPSA) is 102 Å². The van der Waals surface area contributed by atoms with Gasteiger partial charge in [0.05, 0.1) is 18.2 Å². The van der Waals surface area contributed by atoms with Gasteiger partial charge in [-0.3, -0.25) is 9.59 Å². The molecule has 7 nitrogen and oxygen atoms in total. The number of hydrogen-bond donors (Lipinski definition) is 2. The molecule has 1 aliphatic heterocycles. The largest absolute Gasteiger partial charge is 0.465 e. The van der Waals surface area contributed by atoms with Gasteiger partial charge in [0.2, 0.25) is 11.8 Å². The van der Waals surface area contributed by atoms with Gasteiger partial charge in [-0.1, -0.05) is 12.8 Å². The Kier molecular flexibility index (Phi) is 4.60. The molecule has 0 radical (unpaired) electrons. The van der Waals surface area contributed by atoms with Crippen molar-refractivity contribution in [2.24, 2.45) is 5.73 Å². The smallest absolute Gasteiger partial charge is 0.340 e. The van der Waals surface area contributed by atoms with E-state index in [4.69, 9.17) is 10.5 Å². The van der Waals surface area contributed by atoms with Gasteiger partial charge in [-0.2, -0.15) is 0 Å². The minimum absolute atomic E-state index is 0.211. The first-order valence-corrected chi connectivity index (χ1v) is 8.91. The Bertz CT molecular complexity index is 666. The van der Waals surface area contributed by atoms with Crippen molar-refractivity contribution in [1.82, 2.24) is 5.32 Å². The highest BCUT2D eigenvalue weighted by Gasteiger charge is 2.42. The number of amides is 2. The van der Waals surface area contributed by atoms with Crippen LogP contribution >= 0.6 is 11.3 Å². The highest BCUT2D eigenvalue weighted by atomic mass is 32.1. The van der Waals surface area contributed by atoms with Gasteiger partial charge in [-0.25, -0.2) is 4.79 Å². The van der Waals surface area contributed by atoms with Crippen LogP contribution in [-0.4, -0.2) is 43.0 Å². The van der Waals surface area contributed by atoms with Crippen LogP contribution in [0.1, 0.15) is 42.5 Å². The first-order valence-electron chi connectivity index (χ1n) is 8.03. The second kappa shape index (κ2) is 6.52. The molecule has 130 valence electrons. The Morgan fingerprint density at radius 3 is 2.79 bits per heavy atom. The van der Waals surface area contributed by atoms with Gasteiger partial charge in [0, 0.05) is 6.54 Å². The van der Waals surface area contributed by atoms with Gasteiger partial charge >= 0.3 is 5.97 Å². The lowest BCUT2D eigenvalue weighted by molar-refractivity contribution is -0.130. The standard InChI is InChI=1S/C16H21N3O4S/c1-23-14(21)10-5-9-24-13(10)19-8-4-11(12(19)20)18-15(22)16(17)6-2-3-7-16/h5,9,11H,2-4,6-8,17H2,1H3,(H,18,22). The monoisotopic (exact) mass is 351 g/mol. The molecule has 1 atom stereocenters. The van der Waals surface area contributed by atoms with E-state index in [1.807, 2.05) is 0 Å². The van der Waals surface area contributed by atoms with Crippen LogP contribution < -0.4 is 16.0 Å². The summed E-state index contributed by atoms with van der Waals surface area (Å²) < 4.78 is 4.75. The number of hydrogen-bond acceptors (Lipinski definition) is 6. The van der Waals surface area contributed by atoms with E-state index in [9.17, 15) is 14.4 Å². The lowest BCUT2D eigenvalue weighted by Crippen LogP contribution is -2.55. The Hall–Kier alpha value is -1.93. The number of methoxy groups -OCH3 is 1. The van der Waals surface area contributed by atoms with Gasteiger partial charge in [-0.05, 0) is 30.7 Å². The molecule has 2 fully saturated rings. The van der Waals surface area contributed by atoms with Gasteiger partial charge in [0.1, 0.15) is 11.0 Å². The van der Waals surface area contributed by atoms with E-state index in [1.165, 1.54) is 18.4 Å². The summed E-state index contributed by atoms with van der Waals surface area (Å²) in [5, 5.41) is 5.11. The van der Waals surface area contributed by atoms with Crippen molar-refractivity contribution in [1.29, 1.82) is 0 Å². The molecule has 1 unspecified atom stereocenters. The lowest BCUT2D eigenvalue weighted by atomic mass is 9.97. The molecule has 1 aliphatic carbocycles. The summed E-state index contributed by atoms with van der Waals surface area (Å²) in [4.78, 5) is 38.4. The molecular formula is C16H21N3O4S. The summed E-state index contributed by atoms with van der Waals surface area (Å²) in [7, 11) is 1.31. The summed E-state index contributed by atoms with van der Waals surface area (Å²) in [6.45, 7) is 0.450. The fourth-order valence-electron chi connectivity index (χ4n) is 3.33. The number of carbonyl (C=O) groups excluding carboxylic acids is 3. The van der Waals surface area contributed by atoms with Crippen molar-refractivity contribution in [3.05, 3.63) is 17.0 Å². The average molecular weight is 351 g/mol. The molecule has 1 aromatic heterocycles. The third kappa shape index (κ3) is 2.91. The number of nitrogens with zero attached hydrogens (tertiary/aromatic N) is 1. The van der Waals surface area contributed by atoms with Crippen LogP contribution in [0.2, 0.25) is 0 Å². The van der Waals surface area contributed by atoms with Gasteiger partial charge in [-0.15, -0.1) is 11.3 Å². The van der Waals surface area contributed by atoms with Crippen molar-refractivity contribution in [3.8, 4) is 0 Å². The van der Waals surface area contributed by atoms with Crippen molar-refractivity contribution < 1.29 is 19.1 Å². The van der Waals surface area contributed by atoms with Crippen LogP contribution in [0.5, 0.6) is 0 Å². The van der Waals surface area contributed by atoms with E-state index in [-0.39, 0.29) is 11.8 Å². The number of nitrogens with one attached hydrogen (secondary N) is 1. The van der Waals surface area contributed by atoms with Crippen LogP contribution in [0.4, 0.5) is 5.00 Å². The first kappa shape index (κ1) is 16.9. The molecule has 1 saturated heterocycles. The normalized spacial score (nSPS) is 22.7. The van der Waals surface area contributed by atoms with Gasteiger partial charge < -0.3 is 20.7 Å². The molecule has 2 aliphatic rings. The van der Waals surface area contributed by atoms with E-state index in [1.54, 1.807) is 16.3 Å². The van der Waals surface area contributed by atoms with E-state index in [0.717, 1.165) is 12.8 Å². The number of rotatable bonds is 4. The fraction of sp³-hybridized carbons (Fsp3) is 0.562. The predicted octanol–water partition coefficient (Wildman–Crippen LogP) is 1.03. The van der Waals surface area contributed by atoms with Crippen LogP contribution in [0.15, 0.2) is 11.4 Å². The fourth-order valence-corrected chi connectivity index (χ4v) is 4.25.